The third-order valence-corrected chi connectivity index (χ3v) is 6.67. The van der Waals surface area contributed by atoms with E-state index in [-0.39, 0.29) is 11.9 Å². The van der Waals surface area contributed by atoms with Crippen LogP contribution >= 0.6 is 22.7 Å². The van der Waals surface area contributed by atoms with Gasteiger partial charge in [-0.25, -0.2) is 0 Å². The van der Waals surface area contributed by atoms with Crippen LogP contribution in [0.1, 0.15) is 38.6 Å². The first-order valence-corrected chi connectivity index (χ1v) is 10.7. The zero-order chi connectivity index (χ0) is 18.8. The quantitative estimate of drug-likeness (QED) is 0.606. The second-order valence-corrected chi connectivity index (χ2v) is 8.24. The molecule has 4 rings (SSSR count). The third kappa shape index (κ3) is 3.35. The molecule has 0 aliphatic carbocycles. The summed E-state index contributed by atoms with van der Waals surface area (Å²) in [5.74, 6) is 1.26. The summed E-state index contributed by atoms with van der Waals surface area (Å²) in [5, 5.41) is 4.19. The highest BCUT2D eigenvalue weighted by Gasteiger charge is 2.34. The van der Waals surface area contributed by atoms with Crippen molar-refractivity contribution in [1.29, 1.82) is 0 Å². The van der Waals surface area contributed by atoms with Gasteiger partial charge < -0.3 is 14.4 Å². The van der Waals surface area contributed by atoms with Gasteiger partial charge in [-0.1, -0.05) is 6.07 Å². The topological polar surface area (TPSA) is 38.8 Å². The maximum Gasteiger partial charge on any atom is 0.254 e. The summed E-state index contributed by atoms with van der Waals surface area (Å²) in [6.07, 6.45) is 0.898. The van der Waals surface area contributed by atoms with Crippen LogP contribution in [0, 0.1) is 0 Å². The number of hydrogen-bond acceptors (Lipinski definition) is 5. The van der Waals surface area contributed by atoms with Crippen LogP contribution in [0.15, 0.2) is 47.2 Å². The maximum absolute atomic E-state index is 13.4. The molecule has 0 radical (unpaired) electrons. The predicted octanol–water partition coefficient (Wildman–Crippen LogP) is 5.00. The molecule has 27 heavy (non-hydrogen) atoms. The molecule has 0 bridgehead atoms. The minimum atomic E-state index is -0.0231. The highest BCUT2D eigenvalue weighted by atomic mass is 32.1. The van der Waals surface area contributed by atoms with Crippen LogP contribution < -0.4 is 9.47 Å². The number of carbonyl (C=O) groups excluding carboxylic acids is 1. The Kier molecular flexibility index (Phi) is 5.18. The van der Waals surface area contributed by atoms with Crippen LogP contribution in [0.5, 0.6) is 11.5 Å². The van der Waals surface area contributed by atoms with Crippen LogP contribution in [0.4, 0.5) is 0 Å². The summed E-state index contributed by atoms with van der Waals surface area (Å²) in [5.41, 5.74) is 1.87. The van der Waals surface area contributed by atoms with E-state index in [0.717, 1.165) is 6.42 Å². The molecule has 1 aliphatic heterocycles. The van der Waals surface area contributed by atoms with E-state index in [2.05, 4.69) is 22.9 Å². The van der Waals surface area contributed by atoms with E-state index < -0.39 is 0 Å². The van der Waals surface area contributed by atoms with Crippen LogP contribution in [0.2, 0.25) is 0 Å². The number of amides is 1. The fourth-order valence-corrected chi connectivity index (χ4v) is 5.29. The number of carbonyl (C=O) groups is 1. The fourth-order valence-electron chi connectivity index (χ4n) is 3.53. The van der Waals surface area contributed by atoms with Crippen molar-refractivity contribution in [3.8, 4) is 11.5 Å². The molecule has 0 spiro atoms. The summed E-state index contributed by atoms with van der Waals surface area (Å²) >= 11 is 3.48. The average Bonchev–Trinajstić information content (AvgIpc) is 3.39. The Labute approximate surface area is 167 Å². The SMILES string of the molecule is CCOc1ccc(C(=O)N2CCc3sccc3[C@H]2c2cccs2)cc1OC. The van der Waals surface area contributed by atoms with Crippen molar-refractivity contribution in [2.75, 3.05) is 20.3 Å². The Balaban J connectivity index is 1.70. The lowest BCUT2D eigenvalue weighted by atomic mass is 9.97. The van der Waals surface area contributed by atoms with Crippen molar-refractivity contribution in [1.82, 2.24) is 4.90 Å². The van der Waals surface area contributed by atoms with Gasteiger partial charge in [0.25, 0.3) is 5.91 Å². The molecule has 1 aromatic carbocycles. The largest absolute Gasteiger partial charge is 0.493 e. The Morgan fingerprint density at radius 2 is 2.07 bits per heavy atom. The van der Waals surface area contributed by atoms with Gasteiger partial charge in [0.15, 0.2) is 11.5 Å². The summed E-state index contributed by atoms with van der Waals surface area (Å²) in [7, 11) is 1.60. The molecule has 4 nitrogen and oxygen atoms in total. The number of rotatable bonds is 5. The van der Waals surface area contributed by atoms with Crippen molar-refractivity contribution in [3.05, 3.63) is 68.0 Å². The van der Waals surface area contributed by atoms with E-state index in [9.17, 15) is 4.79 Å². The fraction of sp³-hybridized carbons (Fsp3) is 0.286. The molecule has 0 fully saturated rings. The second kappa shape index (κ2) is 7.74. The lowest BCUT2D eigenvalue weighted by Crippen LogP contribution is -2.39. The first-order chi connectivity index (χ1) is 13.2. The van der Waals surface area contributed by atoms with Crippen LogP contribution in [0.25, 0.3) is 0 Å². The Bertz CT molecular complexity index is 933. The van der Waals surface area contributed by atoms with Gasteiger partial charge in [0.05, 0.1) is 19.8 Å². The first-order valence-electron chi connectivity index (χ1n) is 8.94. The highest BCUT2D eigenvalue weighted by Crippen LogP contribution is 2.40. The minimum absolute atomic E-state index is 0.0200. The number of nitrogens with zero attached hydrogens (tertiary/aromatic N) is 1. The van der Waals surface area contributed by atoms with Crippen molar-refractivity contribution in [2.45, 2.75) is 19.4 Å². The molecule has 0 saturated heterocycles. The second-order valence-electron chi connectivity index (χ2n) is 6.26. The molecule has 3 aromatic rings. The van der Waals surface area contributed by atoms with E-state index in [0.29, 0.717) is 30.2 Å². The smallest absolute Gasteiger partial charge is 0.254 e. The Hall–Kier alpha value is -2.31. The molecule has 6 heteroatoms. The molecule has 0 N–H and O–H groups in total. The molecule has 1 aliphatic rings. The van der Waals surface area contributed by atoms with Gasteiger partial charge >= 0.3 is 0 Å². The molecular weight excluding hydrogens is 378 g/mol. The van der Waals surface area contributed by atoms with Crippen molar-refractivity contribution < 1.29 is 14.3 Å². The maximum atomic E-state index is 13.4. The number of ether oxygens (including phenoxy) is 2. The molecule has 1 atom stereocenters. The number of thiophene rings is 2. The van der Waals surface area contributed by atoms with Gasteiger partial charge in [-0.15, -0.1) is 22.7 Å². The minimum Gasteiger partial charge on any atom is -0.493 e. The third-order valence-electron chi connectivity index (χ3n) is 4.75. The molecule has 1 amide bonds. The standard InChI is InChI=1S/C21H21NO3S2/c1-3-25-16-7-6-14(13-17(16)24-2)21(23)22-10-8-18-15(9-12-27-18)20(22)19-5-4-11-26-19/h4-7,9,11-13,20H,3,8,10H2,1-2H3/t20-/m0/s1. The van der Waals surface area contributed by atoms with Crippen LogP contribution in [-0.4, -0.2) is 31.1 Å². The van der Waals surface area contributed by atoms with Crippen LogP contribution in [0.3, 0.4) is 0 Å². The lowest BCUT2D eigenvalue weighted by molar-refractivity contribution is 0.0698. The summed E-state index contributed by atoms with van der Waals surface area (Å²) in [4.78, 5) is 18.0. The predicted molar refractivity (Wildman–Crippen MR) is 109 cm³/mol. The van der Waals surface area contributed by atoms with Gasteiger partial charge in [0.2, 0.25) is 0 Å². The molecule has 3 heterocycles. The number of fused-ring (bicyclic) bond motifs is 1. The van der Waals surface area contributed by atoms with Crippen LogP contribution in [-0.2, 0) is 6.42 Å². The van der Waals surface area contributed by atoms with E-state index in [1.165, 1.54) is 15.3 Å². The van der Waals surface area contributed by atoms with Gasteiger partial charge in [-0.2, -0.15) is 0 Å². The van der Waals surface area contributed by atoms with E-state index in [1.807, 2.05) is 30.0 Å². The molecule has 140 valence electrons. The number of hydrogen-bond donors (Lipinski definition) is 0. The Morgan fingerprint density at radius 1 is 1.19 bits per heavy atom. The van der Waals surface area contributed by atoms with Gasteiger partial charge in [-0.3, -0.25) is 4.79 Å². The van der Waals surface area contributed by atoms with E-state index in [4.69, 9.17) is 9.47 Å². The normalized spacial score (nSPS) is 16.1. The van der Waals surface area contributed by atoms with Crippen molar-refractivity contribution in [2.24, 2.45) is 0 Å². The molecular formula is C21H21NO3S2. The number of methoxy groups -OCH3 is 1. The summed E-state index contributed by atoms with van der Waals surface area (Å²) < 4.78 is 11.0. The molecule has 0 saturated carbocycles. The summed E-state index contributed by atoms with van der Waals surface area (Å²) in [6.45, 7) is 3.19. The monoisotopic (exact) mass is 399 g/mol. The van der Waals surface area contributed by atoms with Gasteiger partial charge in [0.1, 0.15) is 0 Å². The Morgan fingerprint density at radius 3 is 2.81 bits per heavy atom. The summed E-state index contributed by atoms with van der Waals surface area (Å²) in [6, 6.07) is 11.7. The highest BCUT2D eigenvalue weighted by molar-refractivity contribution is 7.10. The van der Waals surface area contributed by atoms with Gasteiger partial charge in [0, 0.05) is 21.9 Å². The molecule has 0 unspecified atom stereocenters. The zero-order valence-corrected chi connectivity index (χ0v) is 16.9. The van der Waals surface area contributed by atoms with Crippen molar-refractivity contribution in [3.63, 3.8) is 0 Å². The molecule has 2 aromatic heterocycles. The lowest BCUT2D eigenvalue weighted by Gasteiger charge is -2.35. The average molecular weight is 400 g/mol. The van der Waals surface area contributed by atoms with Gasteiger partial charge in [-0.05, 0) is 60.0 Å². The first kappa shape index (κ1) is 18.1. The van der Waals surface area contributed by atoms with E-state index >= 15 is 0 Å². The zero-order valence-electron chi connectivity index (χ0n) is 15.3. The van der Waals surface area contributed by atoms with E-state index in [1.54, 1.807) is 35.8 Å². The number of benzene rings is 1. The van der Waals surface area contributed by atoms with Crippen molar-refractivity contribution >= 4 is 28.6 Å².